The number of hydrogen-bond acceptors (Lipinski definition) is 10. The number of carbonyl (C=O) groups is 3. The number of ether oxygens (including phenoxy) is 4. The number of benzene rings is 3. The Bertz CT molecular complexity index is 1860. The van der Waals surface area contributed by atoms with Gasteiger partial charge in [-0.3, -0.25) is 14.5 Å². The van der Waals surface area contributed by atoms with E-state index in [-0.39, 0.29) is 27.9 Å². The average Bonchev–Trinajstić information content (AvgIpc) is 3.62. The molecule has 0 radical (unpaired) electrons. The lowest BCUT2D eigenvalue weighted by atomic mass is 9.95. The molecule has 0 aliphatic carbocycles. The largest absolute Gasteiger partial charge is 0.507 e. The number of aliphatic hydroxyl groups excluding tert-OH is 1. The number of esters is 1. The maximum atomic E-state index is 13.8. The molecule has 2 heterocycles. The number of rotatable bonds is 14. The fraction of sp³-hybridized carbons (Fsp3) is 0.316. The zero-order chi connectivity index (χ0) is 35.1. The highest BCUT2D eigenvalue weighted by molar-refractivity contribution is 7.17. The van der Waals surface area contributed by atoms with Crippen molar-refractivity contribution in [2.45, 2.75) is 59.6 Å². The summed E-state index contributed by atoms with van der Waals surface area (Å²) < 4.78 is 22.8. The molecule has 1 saturated heterocycles. The average molecular weight is 685 g/mol. The third kappa shape index (κ3) is 7.62. The summed E-state index contributed by atoms with van der Waals surface area (Å²) >= 11 is 0.944. The SMILES string of the molecule is CCCCCOc1ccc(C2/C(=C(\O)c3ccc(OCc4ccccc4C)cc3)C(=O)C(=O)N2c2nc(C)c(C(=O)OCC)s2)cc1OC. The van der Waals surface area contributed by atoms with E-state index in [1.165, 1.54) is 12.0 Å². The third-order valence-electron chi connectivity index (χ3n) is 8.19. The van der Waals surface area contributed by atoms with Gasteiger partial charge in [0.15, 0.2) is 16.6 Å². The van der Waals surface area contributed by atoms with Gasteiger partial charge in [-0.15, -0.1) is 0 Å². The summed E-state index contributed by atoms with van der Waals surface area (Å²) in [5.74, 6) is -1.25. The van der Waals surface area contributed by atoms with Crippen molar-refractivity contribution in [1.29, 1.82) is 0 Å². The molecule has 1 amide bonds. The van der Waals surface area contributed by atoms with Gasteiger partial charge in [-0.25, -0.2) is 9.78 Å². The minimum absolute atomic E-state index is 0.116. The van der Waals surface area contributed by atoms with Gasteiger partial charge in [0.05, 0.1) is 37.6 Å². The standard InChI is InChI=1S/C38H40N2O8S/c1-6-8-11-20-47-29-19-16-26(21-30(29)45-5)32-31(34(42)36(43)40(32)38-39-24(4)35(49-38)37(44)46-7-2)33(41)25-14-17-28(18-15-25)48-22-27-13-10-9-12-23(27)3/h9-10,12-19,21,32,41H,6-8,11,20,22H2,1-5H3/b33-31+. The topological polar surface area (TPSA) is 124 Å². The molecule has 1 atom stereocenters. The number of hydrogen-bond donors (Lipinski definition) is 1. The number of aromatic nitrogens is 1. The van der Waals surface area contributed by atoms with Crippen LogP contribution in [0.4, 0.5) is 5.13 Å². The maximum Gasteiger partial charge on any atom is 0.350 e. The first-order valence-corrected chi connectivity index (χ1v) is 17.0. The van der Waals surface area contributed by atoms with Gasteiger partial charge in [0.1, 0.15) is 23.0 Å². The monoisotopic (exact) mass is 684 g/mol. The molecule has 5 rings (SSSR count). The maximum absolute atomic E-state index is 13.8. The minimum Gasteiger partial charge on any atom is -0.507 e. The van der Waals surface area contributed by atoms with E-state index in [1.54, 1.807) is 56.3 Å². The molecule has 1 N–H and O–H groups in total. The number of Topliss-reactive ketones (excluding diaryl/α,β-unsaturated/α-hetero) is 1. The fourth-order valence-electron chi connectivity index (χ4n) is 5.52. The van der Waals surface area contributed by atoms with Crippen LogP contribution < -0.4 is 19.1 Å². The van der Waals surface area contributed by atoms with Gasteiger partial charge in [0, 0.05) is 5.56 Å². The molecule has 4 aromatic rings. The van der Waals surface area contributed by atoms with Crippen molar-refractivity contribution in [2.75, 3.05) is 25.2 Å². The Morgan fingerprint density at radius 1 is 0.959 bits per heavy atom. The van der Waals surface area contributed by atoms with Crippen LogP contribution in [-0.2, 0) is 20.9 Å². The number of nitrogens with zero attached hydrogens (tertiary/aromatic N) is 2. The Morgan fingerprint density at radius 2 is 1.71 bits per heavy atom. The molecule has 11 heteroatoms. The van der Waals surface area contributed by atoms with Crippen LogP contribution in [0.3, 0.4) is 0 Å². The van der Waals surface area contributed by atoms with Crippen molar-refractivity contribution in [3.8, 4) is 17.2 Å². The van der Waals surface area contributed by atoms with Gasteiger partial charge in [-0.05, 0) is 80.3 Å². The fourth-order valence-corrected chi connectivity index (χ4v) is 6.51. The quantitative estimate of drug-likeness (QED) is 0.0467. The van der Waals surface area contributed by atoms with E-state index in [2.05, 4.69) is 11.9 Å². The lowest BCUT2D eigenvalue weighted by molar-refractivity contribution is -0.132. The van der Waals surface area contributed by atoms with Crippen LogP contribution in [-0.4, -0.2) is 48.1 Å². The number of methoxy groups -OCH3 is 1. The summed E-state index contributed by atoms with van der Waals surface area (Å²) in [4.78, 5) is 46.2. The molecule has 10 nitrogen and oxygen atoms in total. The van der Waals surface area contributed by atoms with Crippen LogP contribution in [0.1, 0.15) is 76.8 Å². The highest BCUT2D eigenvalue weighted by Gasteiger charge is 2.48. The zero-order valence-electron chi connectivity index (χ0n) is 28.3. The first-order valence-electron chi connectivity index (χ1n) is 16.2. The van der Waals surface area contributed by atoms with E-state index in [9.17, 15) is 19.5 Å². The number of aliphatic hydroxyl groups is 1. The lowest BCUT2D eigenvalue weighted by Crippen LogP contribution is -2.29. The second-order valence-corrected chi connectivity index (χ2v) is 12.5. The summed E-state index contributed by atoms with van der Waals surface area (Å²) in [6, 6.07) is 18.6. The number of aryl methyl sites for hydroxylation is 2. The van der Waals surface area contributed by atoms with Crippen LogP contribution in [0.15, 0.2) is 72.3 Å². The van der Waals surface area contributed by atoms with Gasteiger partial charge < -0.3 is 24.1 Å². The molecular weight excluding hydrogens is 644 g/mol. The second kappa shape index (κ2) is 15.8. The number of carbonyl (C=O) groups excluding carboxylic acids is 3. The second-order valence-electron chi connectivity index (χ2n) is 11.5. The molecule has 0 saturated carbocycles. The van der Waals surface area contributed by atoms with Crippen LogP contribution in [0.25, 0.3) is 5.76 Å². The zero-order valence-corrected chi connectivity index (χ0v) is 29.1. The van der Waals surface area contributed by atoms with Gasteiger partial charge >= 0.3 is 11.9 Å². The molecular formula is C38H40N2O8S. The first-order chi connectivity index (χ1) is 23.7. The van der Waals surface area contributed by atoms with Crippen molar-refractivity contribution in [3.05, 3.63) is 105 Å². The Morgan fingerprint density at radius 3 is 2.41 bits per heavy atom. The van der Waals surface area contributed by atoms with Crippen LogP contribution in [0, 0.1) is 13.8 Å². The summed E-state index contributed by atoms with van der Waals surface area (Å²) in [7, 11) is 1.51. The molecule has 1 aliphatic heterocycles. The predicted molar refractivity (Wildman–Crippen MR) is 188 cm³/mol. The summed E-state index contributed by atoms with van der Waals surface area (Å²) in [5, 5.41) is 11.8. The van der Waals surface area contributed by atoms with E-state index in [0.29, 0.717) is 47.3 Å². The molecule has 0 bridgehead atoms. The van der Waals surface area contributed by atoms with E-state index in [1.807, 2.05) is 31.2 Å². The predicted octanol–water partition coefficient (Wildman–Crippen LogP) is 7.72. The lowest BCUT2D eigenvalue weighted by Gasteiger charge is -2.24. The van der Waals surface area contributed by atoms with Crippen molar-refractivity contribution in [3.63, 3.8) is 0 Å². The van der Waals surface area contributed by atoms with E-state index >= 15 is 0 Å². The number of anilines is 1. The van der Waals surface area contributed by atoms with E-state index < -0.39 is 23.7 Å². The summed E-state index contributed by atoms with van der Waals surface area (Å²) in [6.07, 6.45) is 2.95. The summed E-state index contributed by atoms with van der Waals surface area (Å²) in [6.45, 7) is 8.49. The van der Waals surface area contributed by atoms with Gasteiger partial charge in [0.25, 0.3) is 5.78 Å². The Hall–Kier alpha value is -5.16. The smallest absolute Gasteiger partial charge is 0.350 e. The van der Waals surface area contributed by atoms with Gasteiger partial charge in [-0.2, -0.15) is 0 Å². The Balaban J connectivity index is 1.55. The Labute approximate surface area is 289 Å². The summed E-state index contributed by atoms with van der Waals surface area (Å²) in [5.41, 5.74) is 3.17. The van der Waals surface area contributed by atoms with Crippen LogP contribution in [0.5, 0.6) is 17.2 Å². The number of unbranched alkanes of at least 4 members (excludes halogenated alkanes) is 2. The van der Waals surface area contributed by atoms with Crippen molar-refractivity contribution >= 4 is 39.9 Å². The molecule has 1 fully saturated rings. The van der Waals surface area contributed by atoms with Crippen molar-refractivity contribution in [1.82, 2.24) is 4.98 Å². The van der Waals surface area contributed by atoms with Crippen molar-refractivity contribution < 1.29 is 38.4 Å². The third-order valence-corrected chi connectivity index (χ3v) is 9.33. The molecule has 1 unspecified atom stereocenters. The van der Waals surface area contributed by atoms with Crippen LogP contribution in [0.2, 0.25) is 0 Å². The number of amides is 1. The number of ketones is 1. The van der Waals surface area contributed by atoms with E-state index in [0.717, 1.165) is 41.7 Å². The number of thiazole rings is 1. The van der Waals surface area contributed by atoms with Crippen molar-refractivity contribution in [2.24, 2.45) is 0 Å². The molecule has 1 aliphatic rings. The van der Waals surface area contributed by atoms with E-state index in [4.69, 9.17) is 18.9 Å². The molecule has 3 aromatic carbocycles. The van der Waals surface area contributed by atoms with Gasteiger partial charge in [-0.1, -0.05) is 61.4 Å². The minimum atomic E-state index is -1.10. The van der Waals surface area contributed by atoms with Gasteiger partial charge in [0.2, 0.25) is 0 Å². The first kappa shape index (κ1) is 35.2. The molecule has 0 spiro atoms. The molecule has 1 aromatic heterocycles. The highest BCUT2D eigenvalue weighted by Crippen LogP contribution is 2.45. The Kier molecular flexibility index (Phi) is 11.4. The van der Waals surface area contributed by atoms with Crippen LogP contribution >= 0.6 is 11.3 Å². The molecule has 256 valence electrons. The highest BCUT2D eigenvalue weighted by atomic mass is 32.1. The normalized spacial score (nSPS) is 15.4. The molecule has 49 heavy (non-hydrogen) atoms.